The van der Waals surface area contributed by atoms with Crippen LogP contribution in [0.4, 0.5) is 0 Å². The van der Waals surface area contributed by atoms with Gasteiger partial charge in [-0.25, -0.2) is 4.52 Å². The molecule has 0 saturated carbocycles. The Morgan fingerprint density at radius 1 is 1.00 bits per heavy atom. The topological polar surface area (TPSA) is 62.9 Å². The Morgan fingerprint density at radius 3 is 2.31 bits per heavy atom. The van der Waals surface area contributed by atoms with Gasteiger partial charge in [-0.2, -0.15) is 5.10 Å². The molecule has 2 aliphatic rings. The zero-order valence-electron chi connectivity index (χ0n) is 16.9. The molecule has 1 aromatic carbocycles. The van der Waals surface area contributed by atoms with Gasteiger partial charge in [0.2, 0.25) is 0 Å². The van der Waals surface area contributed by atoms with E-state index in [2.05, 4.69) is 18.9 Å². The van der Waals surface area contributed by atoms with E-state index in [0.29, 0.717) is 24.6 Å². The van der Waals surface area contributed by atoms with E-state index in [1.807, 2.05) is 58.1 Å². The molecule has 0 spiro atoms. The van der Waals surface area contributed by atoms with Gasteiger partial charge in [0.1, 0.15) is 11.2 Å². The van der Waals surface area contributed by atoms with Crippen LogP contribution in [-0.4, -0.2) is 61.0 Å². The van der Waals surface area contributed by atoms with Crippen molar-refractivity contribution < 1.29 is 9.59 Å². The maximum Gasteiger partial charge on any atom is 0.259 e. The third-order valence-corrected chi connectivity index (χ3v) is 6.34. The third-order valence-electron chi connectivity index (χ3n) is 6.34. The summed E-state index contributed by atoms with van der Waals surface area (Å²) >= 11 is 0. The summed E-state index contributed by atoms with van der Waals surface area (Å²) in [4.78, 5) is 30.4. The molecule has 7 nitrogen and oxygen atoms in total. The van der Waals surface area contributed by atoms with Crippen molar-refractivity contribution in [1.29, 1.82) is 0 Å². The highest BCUT2D eigenvalue weighted by Gasteiger charge is 2.48. The van der Waals surface area contributed by atoms with Crippen LogP contribution in [0.15, 0.2) is 42.9 Å². The molecule has 7 heteroatoms. The van der Waals surface area contributed by atoms with E-state index in [0.717, 1.165) is 23.2 Å². The molecule has 0 N–H and O–H groups in total. The van der Waals surface area contributed by atoms with Crippen molar-refractivity contribution >= 4 is 17.5 Å². The Hall–Kier alpha value is -3.09. The maximum atomic E-state index is 13.3. The molecule has 150 valence electrons. The van der Waals surface area contributed by atoms with E-state index in [-0.39, 0.29) is 23.9 Å². The monoisotopic (exact) mass is 391 g/mol. The van der Waals surface area contributed by atoms with Crippen molar-refractivity contribution in [3.05, 3.63) is 59.5 Å². The highest BCUT2D eigenvalue weighted by molar-refractivity contribution is 6.01. The van der Waals surface area contributed by atoms with Crippen LogP contribution in [0, 0.1) is 0 Å². The summed E-state index contributed by atoms with van der Waals surface area (Å²) in [5.74, 6) is 0.385. The number of piperazine rings is 1. The minimum absolute atomic E-state index is 0.00368. The normalized spacial score (nSPS) is 21.0. The van der Waals surface area contributed by atoms with Gasteiger partial charge in [-0.3, -0.25) is 9.59 Å². The fraction of sp³-hybridized carbons (Fsp3) is 0.409. The number of benzene rings is 1. The zero-order chi connectivity index (χ0) is 20.3. The second-order valence-corrected chi connectivity index (χ2v) is 8.44. The van der Waals surface area contributed by atoms with Gasteiger partial charge >= 0.3 is 0 Å². The number of nitrogens with zero attached hydrogens (tertiary/aromatic N) is 5. The number of carbonyl (C=O) groups excluding carboxylic acids is 2. The van der Waals surface area contributed by atoms with Crippen LogP contribution in [0.25, 0.3) is 5.65 Å². The molecule has 0 radical (unpaired) electrons. The number of fused-ring (bicyclic) bond motifs is 3. The molecule has 2 amide bonds. The molecule has 0 aliphatic carbocycles. The molecule has 2 aromatic heterocycles. The number of aromatic nitrogens is 3. The zero-order valence-corrected chi connectivity index (χ0v) is 16.9. The summed E-state index contributed by atoms with van der Waals surface area (Å²) in [6, 6.07) is 8.01. The number of amides is 2. The minimum Gasteiger partial charge on any atom is -0.334 e. The highest BCUT2D eigenvalue weighted by Crippen LogP contribution is 2.34. The molecule has 2 fully saturated rings. The first-order valence-electron chi connectivity index (χ1n) is 10.1. The molecule has 0 unspecified atom stereocenters. The number of hydrogen-bond acceptors (Lipinski definition) is 3. The van der Waals surface area contributed by atoms with Crippen molar-refractivity contribution in [3.63, 3.8) is 0 Å². The highest BCUT2D eigenvalue weighted by atomic mass is 16.2. The first kappa shape index (κ1) is 18.0. The number of carbonyl (C=O) groups is 2. The number of rotatable bonds is 3. The fourth-order valence-electron chi connectivity index (χ4n) is 4.87. The average molecular weight is 391 g/mol. The van der Waals surface area contributed by atoms with Gasteiger partial charge in [0.25, 0.3) is 11.8 Å². The van der Waals surface area contributed by atoms with Gasteiger partial charge < -0.3 is 14.4 Å². The first-order chi connectivity index (χ1) is 14.0. The van der Waals surface area contributed by atoms with Crippen LogP contribution in [0.2, 0.25) is 0 Å². The van der Waals surface area contributed by atoms with Gasteiger partial charge in [0.05, 0.1) is 18.3 Å². The van der Waals surface area contributed by atoms with E-state index in [1.54, 1.807) is 10.7 Å². The Labute approximate surface area is 169 Å². The van der Waals surface area contributed by atoms with Crippen LogP contribution < -0.4 is 0 Å². The third kappa shape index (κ3) is 2.68. The van der Waals surface area contributed by atoms with E-state index < -0.39 is 0 Å². The molecular weight excluding hydrogens is 366 g/mol. The van der Waals surface area contributed by atoms with Crippen LogP contribution in [0.5, 0.6) is 0 Å². The van der Waals surface area contributed by atoms with E-state index in [9.17, 15) is 9.59 Å². The molecule has 3 aromatic rings. The number of imidazole rings is 1. The maximum absolute atomic E-state index is 13.3. The van der Waals surface area contributed by atoms with Crippen molar-refractivity contribution in [1.82, 2.24) is 24.0 Å². The smallest absolute Gasteiger partial charge is 0.259 e. The second-order valence-electron chi connectivity index (χ2n) is 8.44. The summed E-state index contributed by atoms with van der Waals surface area (Å²) in [7, 11) is 1.91. The van der Waals surface area contributed by atoms with Gasteiger partial charge in [-0.05, 0) is 24.0 Å². The standard InChI is InChI=1S/C22H25N5O2/c1-14(2)17-6-4-5-7-18(17)21(28)25-12-16-10-15(25)13-26(16)22(29)19-11-23-27-9-8-24(3)20(19)27/h4-9,11,14-16H,10,12-13H2,1-3H3/t15-,16-/m0/s1. The summed E-state index contributed by atoms with van der Waals surface area (Å²) in [5, 5.41) is 4.29. The SMILES string of the molecule is CC(C)c1ccccc1C(=O)N1C[C@@H]2C[C@H]1CN2C(=O)c1cnn2ccn(C)c12. The lowest BCUT2D eigenvalue weighted by molar-refractivity contribution is 0.0526. The quantitative estimate of drug-likeness (QED) is 0.689. The Morgan fingerprint density at radius 2 is 1.66 bits per heavy atom. The van der Waals surface area contributed by atoms with Gasteiger partial charge in [0, 0.05) is 38.1 Å². The Kier molecular flexibility index (Phi) is 4.01. The Bertz CT molecular complexity index is 1110. The molecule has 2 saturated heterocycles. The van der Waals surface area contributed by atoms with Crippen LogP contribution in [0.1, 0.15) is 52.5 Å². The number of aryl methyl sites for hydroxylation is 1. The van der Waals surface area contributed by atoms with Crippen LogP contribution >= 0.6 is 0 Å². The van der Waals surface area contributed by atoms with Crippen LogP contribution in [0.3, 0.4) is 0 Å². The van der Waals surface area contributed by atoms with E-state index in [4.69, 9.17) is 0 Å². The minimum atomic E-state index is 0.00368. The molecule has 29 heavy (non-hydrogen) atoms. The van der Waals surface area contributed by atoms with E-state index >= 15 is 0 Å². The average Bonchev–Trinajstić information content (AvgIpc) is 3.49. The molecule has 4 heterocycles. The molecule has 2 bridgehead atoms. The second kappa shape index (κ2) is 6.47. The van der Waals surface area contributed by atoms with Crippen molar-refractivity contribution in [3.8, 4) is 0 Å². The largest absolute Gasteiger partial charge is 0.334 e. The summed E-state index contributed by atoms with van der Waals surface area (Å²) in [5.41, 5.74) is 3.29. The number of hydrogen-bond donors (Lipinski definition) is 0. The molecule has 2 aliphatic heterocycles. The first-order valence-corrected chi connectivity index (χ1v) is 10.1. The number of likely N-dealkylation sites (tertiary alicyclic amines) is 2. The van der Waals surface area contributed by atoms with E-state index in [1.165, 1.54) is 0 Å². The van der Waals surface area contributed by atoms with Gasteiger partial charge in [-0.15, -0.1) is 0 Å². The fourth-order valence-corrected chi connectivity index (χ4v) is 4.87. The lowest BCUT2D eigenvalue weighted by Gasteiger charge is -2.34. The lowest BCUT2D eigenvalue weighted by Crippen LogP contribution is -2.50. The summed E-state index contributed by atoms with van der Waals surface area (Å²) < 4.78 is 3.63. The van der Waals surface area contributed by atoms with Gasteiger partial charge in [0.15, 0.2) is 0 Å². The molecular formula is C22H25N5O2. The lowest BCUT2D eigenvalue weighted by atomic mass is 9.96. The summed E-state index contributed by atoms with van der Waals surface area (Å²) in [6.45, 7) is 5.40. The summed E-state index contributed by atoms with van der Waals surface area (Å²) in [6.07, 6.45) is 6.22. The van der Waals surface area contributed by atoms with Crippen LogP contribution in [-0.2, 0) is 7.05 Å². The van der Waals surface area contributed by atoms with Gasteiger partial charge in [-0.1, -0.05) is 32.0 Å². The Balaban J connectivity index is 1.36. The predicted molar refractivity (Wildman–Crippen MR) is 109 cm³/mol. The predicted octanol–water partition coefficient (Wildman–Crippen LogP) is 2.54. The van der Waals surface area contributed by atoms with Crippen molar-refractivity contribution in [2.45, 2.75) is 38.3 Å². The molecule has 5 rings (SSSR count). The van der Waals surface area contributed by atoms with Crippen molar-refractivity contribution in [2.75, 3.05) is 13.1 Å². The molecule has 2 atom stereocenters. The van der Waals surface area contributed by atoms with Crippen molar-refractivity contribution in [2.24, 2.45) is 7.05 Å².